The highest BCUT2D eigenvalue weighted by atomic mass is 127. The summed E-state index contributed by atoms with van der Waals surface area (Å²) in [7, 11) is -3.46. The second-order valence-electron chi connectivity index (χ2n) is 7.07. The molecule has 1 saturated heterocycles. The molecule has 130 valence electrons. The number of rotatable bonds is 2. The lowest BCUT2D eigenvalue weighted by molar-refractivity contribution is 0.324. The molecule has 4 rings (SSSR count). The summed E-state index contributed by atoms with van der Waals surface area (Å²) in [5.41, 5.74) is 4.84. The van der Waals surface area contributed by atoms with E-state index >= 15 is 0 Å². The summed E-state index contributed by atoms with van der Waals surface area (Å²) in [6, 6.07) is 15.6. The first-order valence-electron chi connectivity index (χ1n) is 8.40. The minimum atomic E-state index is -3.46. The Bertz CT molecular complexity index is 979. The molecule has 0 bridgehead atoms. The molecule has 1 aliphatic carbocycles. The minimum absolute atomic E-state index is 0.0492. The van der Waals surface area contributed by atoms with Crippen LogP contribution in [-0.2, 0) is 15.4 Å². The van der Waals surface area contributed by atoms with Crippen molar-refractivity contribution in [3.8, 4) is 0 Å². The summed E-state index contributed by atoms with van der Waals surface area (Å²) in [6.45, 7) is 5.24. The zero-order valence-corrected chi connectivity index (χ0v) is 17.3. The molecule has 1 aliphatic heterocycles. The van der Waals surface area contributed by atoms with Crippen LogP contribution in [0.4, 0.5) is 0 Å². The smallest absolute Gasteiger partial charge is 0.207 e. The molecular formula is C20H20INO2S. The SMILES string of the molecule is Cc1ccc(S(=O)(=O)N2CCC3(C)C(=C(I)c4ccccc43)C2)cc1. The van der Waals surface area contributed by atoms with Gasteiger partial charge in [-0.05, 0) is 64.8 Å². The van der Waals surface area contributed by atoms with Crippen molar-refractivity contribution in [1.82, 2.24) is 4.31 Å². The summed E-state index contributed by atoms with van der Waals surface area (Å²) in [6.07, 6.45) is 0.816. The topological polar surface area (TPSA) is 37.4 Å². The molecule has 25 heavy (non-hydrogen) atoms. The van der Waals surface area contributed by atoms with Crippen LogP contribution in [-0.4, -0.2) is 25.8 Å². The van der Waals surface area contributed by atoms with E-state index in [0.29, 0.717) is 18.0 Å². The summed E-state index contributed by atoms with van der Waals surface area (Å²) in [5.74, 6) is 0. The van der Waals surface area contributed by atoms with E-state index in [0.717, 1.165) is 12.0 Å². The number of hydrogen-bond acceptors (Lipinski definition) is 2. The molecule has 1 atom stereocenters. The van der Waals surface area contributed by atoms with Gasteiger partial charge in [0.25, 0.3) is 0 Å². The summed E-state index contributed by atoms with van der Waals surface area (Å²) >= 11 is 2.38. The van der Waals surface area contributed by atoms with Gasteiger partial charge in [-0.1, -0.05) is 48.9 Å². The normalized spacial score (nSPS) is 23.5. The molecule has 1 fully saturated rings. The molecule has 1 heterocycles. The Hall–Kier alpha value is -1.18. The molecule has 0 saturated carbocycles. The number of halogens is 1. The van der Waals surface area contributed by atoms with Crippen molar-refractivity contribution in [1.29, 1.82) is 0 Å². The fraction of sp³-hybridized carbons (Fsp3) is 0.300. The number of piperidine rings is 1. The molecule has 1 unspecified atom stereocenters. The second kappa shape index (κ2) is 5.93. The van der Waals surface area contributed by atoms with Crippen LogP contribution in [0, 0.1) is 6.92 Å². The van der Waals surface area contributed by atoms with Gasteiger partial charge >= 0.3 is 0 Å². The molecule has 0 radical (unpaired) electrons. The largest absolute Gasteiger partial charge is 0.243 e. The molecule has 2 aliphatic rings. The van der Waals surface area contributed by atoms with Crippen LogP contribution in [0.5, 0.6) is 0 Å². The standard InChI is InChI=1S/C20H20INO2S/c1-14-7-9-15(10-8-14)25(23,24)22-12-11-20(2)17-6-4-3-5-16(17)19(21)18(20)13-22/h3-10H,11-13H2,1-2H3. The third kappa shape index (κ3) is 2.59. The number of aryl methyl sites for hydroxylation is 1. The predicted molar refractivity (Wildman–Crippen MR) is 109 cm³/mol. The van der Waals surface area contributed by atoms with Gasteiger partial charge in [-0.25, -0.2) is 8.42 Å². The van der Waals surface area contributed by atoms with Gasteiger partial charge in [0.05, 0.1) is 4.90 Å². The third-order valence-corrected chi connectivity index (χ3v) is 8.63. The van der Waals surface area contributed by atoms with E-state index in [1.165, 1.54) is 20.3 Å². The Morgan fingerprint density at radius 3 is 2.48 bits per heavy atom. The molecule has 2 aromatic carbocycles. The maximum Gasteiger partial charge on any atom is 0.243 e. The van der Waals surface area contributed by atoms with Crippen LogP contribution in [0.3, 0.4) is 0 Å². The van der Waals surface area contributed by atoms with E-state index in [1.54, 1.807) is 16.4 Å². The number of sulfonamides is 1. The van der Waals surface area contributed by atoms with Gasteiger partial charge in [0.15, 0.2) is 0 Å². The van der Waals surface area contributed by atoms with Gasteiger partial charge in [-0.15, -0.1) is 0 Å². The molecule has 2 aromatic rings. The fourth-order valence-corrected chi connectivity index (χ4v) is 6.57. The monoisotopic (exact) mass is 465 g/mol. The highest BCUT2D eigenvalue weighted by molar-refractivity contribution is 14.1. The van der Waals surface area contributed by atoms with E-state index in [2.05, 4.69) is 53.8 Å². The first kappa shape index (κ1) is 17.2. The molecule has 0 N–H and O–H groups in total. The van der Waals surface area contributed by atoms with Crippen molar-refractivity contribution in [2.75, 3.05) is 13.1 Å². The zero-order valence-electron chi connectivity index (χ0n) is 14.3. The van der Waals surface area contributed by atoms with Crippen molar-refractivity contribution < 1.29 is 8.42 Å². The van der Waals surface area contributed by atoms with E-state index in [-0.39, 0.29) is 5.41 Å². The Balaban J connectivity index is 1.72. The predicted octanol–water partition coefficient (Wildman–Crippen LogP) is 4.51. The molecular weight excluding hydrogens is 445 g/mol. The highest BCUT2D eigenvalue weighted by Gasteiger charge is 2.46. The first-order chi connectivity index (χ1) is 11.8. The van der Waals surface area contributed by atoms with Gasteiger partial charge in [-0.3, -0.25) is 0 Å². The summed E-state index contributed by atoms with van der Waals surface area (Å²) in [4.78, 5) is 0.382. The fourth-order valence-electron chi connectivity index (χ4n) is 3.92. The molecule has 5 heteroatoms. The number of benzene rings is 2. The zero-order chi connectivity index (χ0) is 17.8. The van der Waals surface area contributed by atoms with E-state index in [1.807, 2.05) is 19.1 Å². The van der Waals surface area contributed by atoms with Crippen molar-refractivity contribution in [2.45, 2.75) is 30.6 Å². The third-order valence-electron chi connectivity index (χ3n) is 5.54. The quantitative estimate of drug-likeness (QED) is 0.613. The van der Waals surface area contributed by atoms with Crippen molar-refractivity contribution in [3.05, 3.63) is 70.8 Å². The lowest BCUT2D eigenvalue weighted by Crippen LogP contribution is -2.44. The molecule has 0 amide bonds. The molecule has 0 aromatic heterocycles. The average Bonchev–Trinajstić information content (AvgIpc) is 2.83. The van der Waals surface area contributed by atoms with Gasteiger partial charge in [0.2, 0.25) is 10.0 Å². The molecule has 3 nitrogen and oxygen atoms in total. The van der Waals surface area contributed by atoms with Crippen molar-refractivity contribution in [3.63, 3.8) is 0 Å². The van der Waals surface area contributed by atoms with Crippen LogP contribution >= 0.6 is 22.6 Å². The van der Waals surface area contributed by atoms with Crippen molar-refractivity contribution >= 4 is 36.2 Å². The van der Waals surface area contributed by atoms with E-state index in [4.69, 9.17) is 0 Å². The Morgan fingerprint density at radius 2 is 1.76 bits per heavy atom. The van der Waals surface area contributed by atoms with E-state index in [9.17, 15) is 8.42 Å². The Labute approximate surface area is 162 Å². The van der Waals surface area contributed by atoms with Gasteiger partial charge in [0.1, 0.15) is 0 Å². The maximum atomic E-state index is 13.1. The number of nitrogens with zero attached hydrogens (tertiary/aromatic N) is 1. The van der Waals surface area contributed by atoms with Gasteiger partial charge in [-0.2, -0.15) is 4.31 Å². The minimum Gasteiger partial charge on any atom is -0.207 e. The van der Waals surface area contributed by atoms with E-state index < -0.39 is 10.0 Å². The van der Waals surface area contributed by atoms with Crippen LogP contribution in [0.2, 0.25) is 0 Å². The summed E-state index contributed by atoms with van der Waals surface area (Å²) in [5, 5.41) is 0. The van der Waals surface area contributed by atoms with Crippen molar-refractivity contribution in [2.24, 2.45) is 0 Å². The number of fused-ring (bicyclic) bond motifs is 3. The molecule has 0 spiro atoms. The second-order valence-corrected chi connectivity index (χ2v) is 10.1. The lowest BCUT2D eigenvalue weighted by Gasteiger charge is -2.39. The average molecular weight is 465 g/mol. The maximum absolute atomic E-state index is 13.1. The van der Waals surface area contributed by atoms with Crippen LogP contribution in [0.1, 0.15) is 30.0 Å². The number of hydrogen-bond donors (Lipinski definition) is 0. The highest BCUT2D eigenvalue weighted by Crippen LogP contribution is 2.53. The Morgan fingerprint density at radius 1 is 1.08 bits per heavy atom. The van der Waals surface area contributed by atoms with Crippen LogP contribution < -0.4 is 0 Å². The van der Waals surface area contributed by atoms with Crippen LogP contribution in [0.25, 0.3) is 3.58 Å². The summed E-state index contributed by atoms with van der Waals surface area (Å²) < 4.78 is 29.0. The van der Waals surface area contributed by atoms with Gasteiger partial charge < -0.3 is 0 Å². The Kier molecular flexibility index (Phi) is 4.09. The van der Waals surface area contributed by atoms with Gasteiger partial charge in [0, 0.05) is 22.1 Å². The first-order valence-corrected chi connectivity index (χ1v) is 10.9. The lowest BCUT2D eigenvalue weighted by atomic mass is 9.75. The van der Waals surface area contributed by atoms with Crippen LogP contribution in [0.15, 0.2) is 59.0 Å².